The molecule has 1 unspecified atom stereocenters. The number of guanidine groups is 1. The van der Waals surface area contributed by atoms with Crippen molar-refractivity contribution in [3.05, 3.63) is 53.6 Å². The number of hydrogen-bond donors (Lipinski definition) is 2. The SMILES string of the molecule is CN=C(NCc1ccc(OC)c(OC)c1)NCC(c1ccc(OC)cc1)N1CCCC1.I. The molecular weight excluding hydrogens is 519 g/mol. The molecule has 1 aliphatic heterocycles. The zero-order valence-electron chi connectivity index (χ0n) is 19.4. The van der Waals surface area contributed by atoms with Gasteiger partial charge in [0.15, 0.2) is 17.5 Å². The molecule has 2 N–H and O–H groups in total. The van der Waals surface area contributed by atoms with Gasteiger partial charge in [-0.2, -0.15) is 0 Å². The van der Waals surface area contributed by atoms with E-state index in [0.29, 0.717) is 6.54 Å². The van der Waals surface area contributed by atoms with Crippen molar-refractivity contribution in [3.8, 4) is 17.2 Å². The van der Waals surface area contributed by atoms with Crippen molar-refractivity contribution in [1.29, 1.82) is 0 Å². The number of rotatable bonds is 9. The summed E-state index contributed by atoms with van der Waals surface area (Å²) in [5.41, 5.74) is 2.37. The molecular formula is C24H35IN4O3. The van der Waals surface area contributed by atoms with Crippen LogP contribution in [-0.2, 0) is 6.54 Å². The lowest BCUT2D eigenvalue weighted by molar-refractivity contribution is 0.245. The second kappa shape index (κ2) is 13.4. The van der Waals surface area contributed by atoms with Crippen molar-refractivity contribution in [2.24, 2.45) is 4.99 Å². The summed E-state index contributed by atoms with van der Waals surface area (Å²) in [7, 11) is 6.78. The Morgan fingerprint density at radius 2 is 1.62 bits per heavy atom. The van der Waals surface area contributed by atoms with Crippen molar-refractivity contribution in [2.75, 3.05) is 48.0 Å². The maximum atomic E-state index is 5.40. The lowest BCUT2D eigenvalue weighted by atomic mass is 10.1. The van der Waals surface area contributed by atoms with Gasteiger partial charge in [-0.25, -0.2) is 0 Å². The molecule has 1 saturated heterocycles. The molecule has 32 heavy (non-hydrogen) atoms. The Morgan fingerprint density at radius 3 is 2.22 bits per heavy atom. The highest BCUT2D eigenvalue weighted by Crippen LogP contribution is 2.28. The fourth-order valence-corrected chi connectivity index (χ4v) is 3.93. The van der Waals surface area contributed by atoms with Crippen molar-refractivity contribution in [1.82, 2.24) is 15.5 Å². The highest BCUT2D eigenvalue weighted by Gasteiger charge is 2.23. The number of ether oxygens (including phenoxy) is 3. The fraction of sp³-hybridized carbons (Fsp3) is 0.458. The van der Waals surface area contributed by atoms with E-state index >= 15 is 0 Å². The standard InChI is InChI=1S/C24H34N4O3.HI/c1-25-24(26-16-18-7-12-22(30-3)23(15-18)31-4)27-17-21(28-13-5-6-14-28)19-8-10-20(29-2)11-9-19;/h7-12,15,21H,5-6,13-14,16-17H2,1-4H3,(H2,25,26,27);1H. The van der Waals surface area contributed by atoms with Gasteiger partial charge in [-0.1, -0.05) is 18.2 Å². The van der Waals surface area contributed by atoms with Crippen LogP contribution >= 0.6 is 24.0 Å². The molecule has 1 fully saturated rings. The molecule has 0 aromatic heterocycles. The van der Waals surface area contributed by atoms with Gasteiger partial charge >= 0.3 is 0 Å². The number of aliphatic imine (C=N–C) groups is 1. The molecule has 3 rings (SSSR count). The van der Waals surface area contributed by atoms with E-state index in [4.69, 9.17) is 14.2 Å². The molecule has 7 nitrogen and oxygen atoms in total. The molecule has 1 atom stereocenters. The number of halogens is 1. The highest BCUT2D eigenvalue weighted by atomic mass is 127. The van der Waals surface area contributed by atoms with E-state index in [1.165, 1.54) is 18.4 Å². The third kappa shape index (κ3) is 6.90. The number of methoxy groups -OCH3 is 3. The molecule has 0 aliphatic carbocycles. The Labute approximate surface area is 208 Å². The molecule has 0 spiro atoms. The van der Waals surface area contributed by atoms with Gasteiger partial charge in [0.05, 0.1) is 27.4 Å². The first kappa shape index (κ1) is 26.1. The molecule has 0 saturated carbocycles. The van der Waals surface area contributed by atoms with E-state index in [9.17, 15) is 0 Å². The van der Waals surface area contributed by atoms with E-state index < -0.39 is 0 Å². The predicted molar refractivity (Wildman–Crippen MR) is 140 cm³/mol. The van der Waals surface area contributed by atoms with Crippen LogP contribution in [0.5, 0.6) is 17.2 Å². The van der Waals surface area contributed by atoms with Crippen molar-refractivity contribution in [2.45, 2.75) is 25.4 Å². The summed E-state index contributed by atoms with van der Waals surface area (Å²) in [6, 6.07) is 14.6. The Hall–Kier alpha value is -2.20. The van der Waals surface area contributed by atoms with E-state index in [0.717, 1.165) is 48.4 Å². The second-order valence-electron chi connectivity index (χ2n) is 7.53. The van der Waals surface area contributed by atoms with Gasteiger partial charge in [-0.3, -0.25) is 9.89 Å². The second-order valence-corrected chi connectivity index (χ2v) is 7.53. The number of benzene rings is 2. The average Bonchev–Trinajstić information content (AvgIpc) is 3.36. The lowest BCUT2D eigenvalue weighted by Gasteiger charge is -2.29. The topological polar surface area (TPSA) is 67.4 Å². The van der Waals surface area contributed by atoms with Crippen LogP contribution in [-0.4, -0.2) is 58.9 Å². The zero-order valence-corrected chi connectivity index (χ0v) is 21.7. The summed E-state index contributed by atoms with van der Waals surface area (Å²) >= 11 is 0. The maximum Gasteiger partial charge on any atom is 0.191 e. The van der Waals surface area contributed by atoms with Crippen LogP contribution in [0.1, 0.15) is 30.0 Å². The first-order valence-corrected chi connectivity index (χ1v) is 10.7. The molecule has 1 heterocycles. The lowest BCUT2D eigenvalue weighted by Crippen LogP contribution is -2.42. The normalized spacial score (nSPS) is 14.9. The largest absolute Gasteiger partial charge is 0.497 e. The summed E-state index contributed by atoms with van der Waals surface area (Å²) in [5, 5.41) is 6.90. The monoisotopic (exact) mass is 554 g/mol. The van der Waals surface area contributed by atoms with E-state index in [1.54, 1.807) is 28.4 Å². The average molecular weight is 554 g/mol. The molecule has 176 valence electrons. The van der Waals surface area contributed by atoms with Gasteiger partial charge in [0.2, 0.25) is 0 Å². The Morgan fingerprint density at radius 1 is 0.938 bits per heavy atom. The third-order valence-electron chi connectivity index (χ3n) is 5.68. The predicted octanol–water partition coefficient (Wildman–Crippen LogP) is 3.83. The molecule has 8 heteroatoms. The van der Waals surface area contributed by atoms with Crippen LogP contribution in [0.4, 0.5) is 0 Å². The third-order valence-corrected chi connectivity index (χ3v) is 5.68. The summed E-state index contributed by atoms with van der Waals surface area (Å²) in [6.45, 7) is 3.65. The molecule has 1 aliphatic rings. The smallest absolute Gasteiger partial charge is 0.191 e. The van der Waals surface area contributed by atoms with Crippen molar-refractivity contribution >= 4 is 29.9 Å². The van der Waals surface area contributed by atoms with Crippen LogP contribution in [0.15, 0.2) is 47.5 Å². The van der Waals surface area contributed by atoms with Gasteiger partial charge in [0, 0.05) is 20.1 Å². The molecule has 0 radical (unpaired) electrons. The molecule has 0 bridgehead atoms. The Balaban J connectivity index is 0.00000363. The maximum absolute atomic E-state index is 5.40. The summed E-state index contributed by atoms with van der Waals surface area (Å²) in [6.07, 6.45) is 2.50. The number of hydrogen-bond acceptors (Lipinski definition) is 5. The van der Waals surface area contributed by atoms with Gasteiger partial charge in [0.1, 0.15) is 5.75 Å². The molecule has 2 aromatic carbocycles. The molecule has 2 aromatic rings. The van der Waals surface area contributed by atoms with Gasteiger partial charge in [0.25, 0.3) is 0 Å². The minimum absolute atomic E-state index is 0. The van der Waals surface area contributed by atoms with Crippen LogP contribution in [0.2, 0.25) is 0 Å². The zero-order chi connectivity index (χ0) is 22.1. The number of likely N-dealkylation sites (tertiary alicyclic amines) is 1. The van der Waals surface area contributed by atoms with Crippen LogP contribution in [0.3, 0.4) is 0 Å². The van der Waals surface area contributed by atoms with Crippen LogP contribution in [0.25, 0.3) is 0 Å². The summed E-state index contributed by atoms with van der Waals surface area (Å²) < 4.78 is 16.0. The highest BCUT2D eigenvalue weighted by molar-refractivity contribution is 14.0. The summed E-state index contributed by atoms with van der Waals surface area (Å²) in [4.78, 5) is 6.94. The minimum atomic E-state index is 0. The quantitative estimate of drug-likeness (QED) is 0.279. The van der Waals surface area contributed by atoms with E-state index in [2.05, 4.69) is 32.7 Å². The first-order valence-electron chi connectivity index (χ1n) is 10.7. The van der Waals surface area contributed by atoms with E-state index in [-0.39, 0.29) is 30.0 Å². The van der Waals surface area contributed by atoms with Crippen molar-refractivity contribution in [3.63, 3.8) is 0 Å². The molecule has 0 amide bonds. The first-order chi connectivity index (χ1) is 15.2. The van der Waals surface area contributed by atoms with Gasteiger partial charge in [-0.05, 0) is 61.3 Å². The fourth-order valence-electron chi connectivity index (χ4n) is 3.93. The Bertz CT molecular complexity index is 855. The Kier molecular flexibility index (Phi) is 10.9. The minimum Gasteiger partial charge on any atom is -0.497 e. The van der Waals surface area contributed by atoms with E-state index in [1.807, 2.05) is 30.3 Å². The van der Waals surface area contributed by atoms with Crippen LogP contribution < -0.4 is 24.8 Å². The van der Waals surface area contributed by atoms with Gasteiger partial charge in [-0.15, -0.1) is 24.0 Å². The van der Waals surface area contributed by atoms with Crippen molar-refractivity contribution < 1.29 is 14.2 Å². The summed E-state index contributed by atoms with van der Waals surface area (Å²) in [5.74, 6) is 3.09. The number of nitrogens with one attached hydrogen (secondary N) is 2. The van der Waals surface area contributed by atoms with Crippen LogP contribution in [0, 0.1) is 0 Å². The van der Waals surface area contributed by atoms with Gasteiger partial charge < -0.3 is 24.8 Å². The number of nitrogens with zero attached hydrogens (tertiary/aromatic N) is 2.